The Bertz CT molecular complexity index is 1100. The van der Waals surface area contributed by atoms with Gasteiger partial charge in [0.25, 0.3) is 0 Å². The summed E-state index contributed by atoms with van der Waals surface area (Å²) in [7, 11) is 0. The highest BCUT2D eigenvalue weighted by Gasteiger charge is 2.03. The van der Waals surface area contributed by atoms with Crippen LogP contribution >= 0.6 is 0 Å². The smallest absolute Gasteiger partial charge is 0.127 e. The van der Waals surface area contributed by atoms with Crippen molar-refractivity contribution in [2.45, 2.75) is 65.2 Å². The third-order valence-corrected chi connectivity index (χ3v) is 5.79. The first-order valence-corrected chi connectivity index (χ1v) is 12.3. The molecule has 34 heavy (non-hydrogen) atoms. The molecule has 0 unspecified atom stereocenters. The van der Waals surface area contributed by atoms with Crippen LogP contribution in [-0.2, 0) is 12.8 Å². The molecule has 0 nitrogen and oxygen atoms in total. The summed E-state index contributed by atoms with van der Waals surface area (Å²) in [6, 6.07) is 18.0. The maximum absolute atomic E-state index is 14.3. The number of hydrogen-bond acceptors (Lipinski definition) is 0. The molecule has 0 aliphatic carbocycles. The van der Waals surface area contributed by atoms with Crippen molar-refractivity contribution in [3.63, 3.8) is 0 Å². The van der Waals surface area contributed by atoms with E-state index in [2.05, 4.69) is 37.5 Å². The van der Waals surface area contributed by atoms with E-state index in [-0.39, 0.29) is 11.6 Å². The van der Waals surface area contributed by atoms with E-state index in [1.165, 1.54) is 12.1 Å². The SMILES string of the molecule is CCCCCc1ccc(C#Cc2ccc(C#Cc3ccc(CCCCC)c(F)c3)cc2)cc1F. The molecule has 3 rings (SSSR count). The average molecular weight is 455 g/mol. The molecule has 0 fully saturated rings. The summed E-state index contributed by atoms with van der Waals surface area (Å²) >= 11 is 0. The Morgan fingerprint density at radius 3 is 1.21 bits per heavy atom. The predicted octanol–water partition coefficient (Wildman–Crippen LogP) is 8.23. The molecule has 0 saturated carbocycles. The molecule has 0 N–H and O–H groups in total. The van der Waals surface area contributed by atoms with Crippen molar-refractivity contribution in [2.24, 2.45) is 0 Å². The summed E-state index contributed by atoms with van der Waals surface area (Å²) < 4.78 is 28.6. The Balaban J connectivity index is 1.62. The zero-order chi connectivity index (χ0) is 24.2. The minimum absolute atomic E-state index is 0.182. The Kier molecular flexibility index (Phi) is 9.94. The van der Waals surface area contributed by atoms with Crippen molar-refractivity contribution in [3.05, 3.63) is 106 Å². The molecule has 0 spiro atoms. The summed E-state index contributed by atoms with van der Waals surface area (Å²) in [5, 5.41) is 0. The number of benzene rings is 3. The van der Waals surface area contributed by atoms with E-state index in [0.29, 0.717) is 11.1 Å². The highest BCUT2D eigenvalue weighted by Crippen LogP contribution is 2.15. The monoisotopic (exact) mass is 454 g/mol. The minimum Gasteiger partial charge on any atom is -0.207 e. The van der Waals surface area contributed by atoms with Crippen LogP contribution in [0.5, 0.6) is 0 Å². The standard InChI is InChI=1S/C32H32F2/c1-3-5-7-9-29-21-19-27(23-31(29)33)17-15-25-11-13-26(14-12-25)16-18-28-20-22-30(32(34)24-28)10-8-6-4-2/h11-14,19-24H,3-10H2,1-2H3. The Morgan fingerprint density at radius 2 is 0.853 bits per heavy atom. The summed E-state index contributed by atoms with van der Waals surface area (Å²) in [6.07, 6.45) is 8.03. The molecular weight excluding hydrogens is 422 g/mol. The van der Waals surface area contributed by atoms with Crippen molar-refractivity contribution in [1.29, 1.82) is 0 Å². The molecular formula is C32H32F2. The molecule has 0 saturated heterocycles. The Labute approximate surface area is 203 Å². The molecule has 0 aromatic heterocycles. The second-order valence-corrected chi connectivity index (χ2v) is 8.60. The summed E-state index contributed by atoms with van der Waals surface area (Å²) in [5.41, 5.74) is 4.52. The molecule has 0 heterocycles. The fourth-order valence-corrected chi connectivity index (χ4v) is 3.71. The molecule has 0 atom stereocenters. The van der Waals surface area contributed by atoms with Crippen molar-refractivity contribution < 1.29 is 8.78 Å². The first kappa shape index (κ1) is 25.3. The van der Waals surface area contributed by atoms with E-state index in [9.17, 15) is 8.78 Å². The van der Waals surface area contributed by atoms with Crippen LogP contribution in [0.4, 0.5) is 8.78 Å². The van der Waals surface area contributed by atoms with Gasteiger partial charge in [-0.05, 0) is 85.3 Å². The lowest BCUT2D eigenvalue weighted by Crippen LogP contribution is -1.92. The Morgan fingerprint density at radius 1 is 0.500 bits per heavy atom. The second-order valence-electron chi connectivity index (χ2n) is 8.60. The highest BCUT2D eigenvalue weighted by molar-refractivity contribution is 5.48. The van der Waals surface area contributed by atoms with Gasteiger partial charge in [0.2, 0.25) is 0 Å². The quantitative estimate of drug-likeness (QED) is 0.237. The summed E-state index contributed by atoms with van der Waals surface area (Å²) in [4.78, 5) is 0. The van der Waals surface area contributed by atoms with E-state index in [1.807, 2.05) is 48.5 Å². The molecule has 3 aromatic carbocycles. The lowest BCUT2D eigenvalue weighted by atomic mass is 10.0. The van der Waals surface area contributed by atoms with E-state index in [1.54, 1.807) is 0 Å². The summed E-state index contributed by atoms with van der Waals surface area (Å²) in [6.45, 7) is 4.28. The molecule has 0 amide bonds. The average Bonchev–Trinajstić information content (AvgIpc) is 2.85. The Hall–Kier alpha value is -3.36. The zero-order valence-corrected chi connectivity index (χ0v) is 20.2. The maximum Gasteiger partial charge on any atom is 0.127 e. The number of aryl methyl sites for hydroxylation is 2. The number of rotatable bonds is 8. The van der Waals surface area contributed by atoms with Crippen LogP contribution in [0.15, 0.2) is 60.7 Å². The van der Waals surface area contributed by atoms with Gasteiger partial charge in [-0.25, -0.2) is 8.78 Å². The molecule has 3 aromatic rings. The molecule has 0 aliphatic rings. The van der Waals surface area contributed by atoms with Gasteiger partial charge >= 0.3 is 0 Å². The van der Waals surface area contributed by atoms with Gasteiger partial charge in [-0.2, -0.15) is 0 Å². The van der Waals surface area contributed by atoms with Crippen LogP contribution in [0.1, 0.15) is 85.8 Å². The topological polar surface area (TPSA) is 0 Å². The number of halogens is 2. The van der Waals surface area contributed by atoms with Gasteiger partial charge in [-0.3, -0.25) is 0 Å². The normalized spacial score (nSPS) is 10.2. The molecule has 2 heteroatoms. The molecule has 174 valence electrons. The van der Waals surface area contributed by atoms with Crippen molar-refractivity contribution in [1.82, 2.24) is 0 Å². The number of unbranched alkanes of at least 4 members (excludes halogenated alkanes) is 4. The van der Waals surface area contributed by atoms with Gasteiger partial charge in [0.05, 0.1) is 0 Å². The highest BCUT2D eigenvalue weighted by atomic mass is 19.1. The lowest BCUT2D eigenvalue weighted by Gasteiger charge is -2.03. The van der Waals surface area contributed by atoms with Crippen LogP contribution in [0.3, 0.4) is 0 Å². The van der Waals surface area contributed by atoms with Crippen LogP contribution in [-0.4, -0.2) is 0 Å². The fourth-order valence-electron chi connectivity index (χ4n) is 3.71. The van der Waals surface area contributed by atoms with Gasteiger partial charge in [-0.15, -0.1) is 0 Å². The predicted molar refractivity (Wildman–Crippen MR) is 138 cm³/mol. The van der Waals surface area contributed by atoms with Gasteiger partial charge in [0, 0.05) is 22.3 Å². The first-order chi connectivity index (χ1) is 16.6. The lowest BCUT2D eigenvalue weighted by molar-refractivity contribution is 0.598. The van der Waals surface area contributed by atoms with E-state index in [0.717, 1.165) is 73.6 Å². The van der Waals surface area contributed by atoms with Gasteiger partial charge in [0.15, 0.2) is 0 Å². The third kappa shape index (κ3) is 7.90. The molecule has 0 aliphatic heterocycles. The van der Waals surface area contributed by atoms with Crippen molar-refractivity contribution in [3.8, 4) is 23.7 Å². The summed E-state index contributed by atoms with van der Waals surface area (Å²) in [5.74, 6) is 11.9. The fraction of sp³-hybridized carbons (Fsp3) is 0.312. The van der Waals surface area contributed by atoms with Crippen molar-refractivity contribution in [2.75, 3.05) is 0 Å². The van der Waals surface area contributed by atoms with E-state index >= 15 is 0 Å². The van der Waals surface area contributed by atoms with Crippen LogP contribution in [0.25, 0.3) is 0 Å². The molecule has 0 bridgehead atoms. The second kappa shape index (κ2) is 13.4. The van der Waals surface area contributed by atoms with Gasteiger partial charge in [-0.1, -0.05) is 75.3 Å². The minimum atomic E-state index is -0.182. The van der Waals surface area contributed by atoms with Crippen molar-refractivity contribution >= 4 is 0 Å². The largest absolute Gasteiger partial charge is 0.207 e. The third-order valence-electron chi connectivity index (χ3n) is 5.79. The van der Waals surface area contributed by atoms with Crippen LogP contribution in [0, 0.1) is 35.3 Å². The maximum atomic E-state index is 14.3. The van der Waals surface area contributed by atoms with Gasteiger partial charge < -0.3 is 0 Å². The van der Waals surface area contributed by atoms with E-state index < -0.39 is 0 Å². The zero-order valence-electron chi connectivity index (χ0n) is 20.2. The number of hydrogen-bond donors (Lipinski definition) is 0. The first-order valence-electron chi connectivity index (χ1n) is 12.3. The van der Waals surface area contributed by atoms with Crippen LogP contribution in [0.2, 0.25) is 0 Å². The van der Waals surface area contributed by atoms with Gasteiger partial charge in [0.1, 0.15) is 11.6 Å². The van der Waals surface area contributed by atoms with E-state index in [4.69, 9.17) is 0 Å². The van der Waals surface area contributed by atoms with Crippen LogP contribution < -0.4 is 0 Å². The molecule has 0 radical (unpaired) electrons.